The molecule has 1 aliphatic carbocycles. The lowest BCUT2D eigenvalue weighted by atomic mass is 9.87. The molecular weight excluding hydrogens is 325 g/mol. The number of oxazole rings is 1. The molecule has 0 radical (unpaired) electrons. The third-order valence-electron chi connectivity index (χ3n) is 3.74. The number of amides is 1. The zero-order valence-corrected chi connectivity index (χ0v) is 13.8. The number of nitrogen functional groups attached to an aromatic ring is 1. The Bertz CT molecular complexity index is 658. The van der Waals surface area contributed by atoms with Gasteiger partial charge in [-0.05, 0) is 49.4 Å². The summed E-state index contributed by atoms with van der Waals surface area (Å²) in [4.78, 5) is 16.1. The second-order valence-electron chi connectivity index (χ2n) is 5.14. The molecule has 1 aliphatic rings. The monoisotopic (exact) mass is 343 g/mol. The number of nitrogens with zero attached hydrogens (tertiary/aromatic N) is 1. The van der Waals surface area contributed by atoms with Gasteiger partial charge in [-0.15, -0.1) is 24.8 Å². The number of aryl methyl sites for hydroxylation is 2. The molecule has 1 heterocycles. The average Bonchev–Trinajstić information content (AvgIpc) is 2.85. The lowest BCUT2D eigenvalue weighted by molar-refractivity contribution is 0.0904. The molecule has 1 atom stereocenters. The van der Waals surface area contributed by atoms with Crippen LogP contribution in [0.25, 0.3) is 0 Å². The first kappa shape index (κ1) is 18.3. The first-order valence-corrected chi connectivity index (χ1v) is 6.74. The van der Waals surface area contributed by atoms with Gasteiger partial charge in [0.25, 0.3) is 5.91 Å². The summed E-state index contributed by atoms with van der Waals surface area (Å²) in [6.07, 6.45) is 4.26. The number of fused-ring (bicyclic) bond motifs is 1. The highest BCUT2D eigenvalue weighted by molar-refractivity contribution is 5.92. The molecule has 22 heavy (non-hydrogen) atoms. The summed E-state index contributed by atoms with van der Waals surface area (Å²) in [6.45, 7) is 1.76. The fraction of sp³-hybridized carbons (Fsp3) is 0.333. The summed E-state index contributed by atoms with van der Waals surface area (Å²) in [7, 11) is 0. The van der Waals surface area contributed by atoms with Gasteiger partial charge in [0.15, 0.2) is 6.39 Å². The van der Waals surface area contributed by atoms with Gasteiger partial charge >= 0.3 is 0 Å². The molecule has 3 N–H and O–H groups in total. The van der Waals surface area contributed by atoms with Crippen LogP contribution in [0.4, 0.5) is 5.69 Å². The van der Waals surface area contributed by atoms with E-state index in [4.69, 9.17) is 10.2 Å². The van der Waals surface area contributed by atoms with Crippen LogP contribution < -0.4 is 11.1 Å². The lowest BCUT2D eigenvalue weighted by Crippen LogP contribution is -2.31. The Kier molecular flexibility index (Phi) is 6.26. The van der Waals surface area contributed by atoms with E-state index in [0.29, 0.717) is 5.69 Å². The van der Waals surface area contributed by atoms with E-state index in [0.717, 1.165) is 30.5 Å². The molecule has 2 aromatic rings. The molecule has 1 unspecified atom stereocenters. The smallest absolute Gasteiger partial charge is 0.289 e. The maximum atomic E-state index is 12.2. The van der Waals surface area contributed by atoms with Crippen molar-refractivity contribution in [1.29, 1.82) is 0 Å². The summed E-state index contributed by atoms with van der Waals surface area (Å²) in [5, 5.41) is 3.02. The molecule has 0 fully saturated rings. The average molecular weight is 344 g/mol. The number of anilines is 1. The van der Waals surface area contributed by atoms with Gasteiger partial charge in [-0.1, -0.05) is 6.07 Å². The largest absolute Gasteiger partial charge is 0.438 e. The summed E-state index contributed by atoms with van der Waals surface area (Å²) in [5.41, 5.74) is 9.56. The Hall–Kier alpha value is -1.72. The van der Waals surface area contributed by atoms with E-state index in [1.165, 1.54) is 12.0 Å². The molecule has 0 bridgehead atoms. The number of benzene rings is 1. The standard InChI is InChI=1S/C15H17N3O2.2ClH/c1-9-14(20-8-17-9)15(19)18-13-4-2-3-10-7-11(16)5-6-12(10)13;;/h5-8,13H,2-4,16H2,1H3,(H,18,19);2*1H. The highest BCUT2D eigenvalue weighted by Gasteiger charge is 2.24. The van der Waals surface area contributed by atoms with Crippen LogP contribution in [0.2, 0.25) is 0 Å². The SMILES string of the molecule is Cc1ncoc1C(=O)NC1CCCc2cc(N)ccc21.Cl.Cl. The highest BCUT2D eigenvalue weighted by Crippen LogP contribution is 2.31. The Morgan fingerprint density at radius 1 is 1.41 bits per heavy atom. The number of halogens is 2. The van der Waals surface area contributed by atoms with E-state index in [9.17, 15) is 4.79 Å². The molecule has 1 aromatic carbocycles. The van der Waals surface area contributed by atoms with Crippen molar-refractivity contribution < 1.29 is 9.21 Å². The van der Waals surface area contributed by atoms with Crippen molar-refractivity contribution in [2.45, 2.75) is 32.2 Å². The van der Waals surface area contributed by atoms with E-state index < -0.39 is 0 Å². The number of nitrogens with one attached hydrogen (secondary N) is 1. The molecule has 1 aromatic heterocycles. The van der Waals surface area contributed by atoms with Crippen LogP contribution in [0, 0.1) is 6.92 Å². The summed E-state index contributed by atoms with van der Waals surface area (Å²) in [6, 6.07) is 5.88. The minimum Gasteiger partial charge on any atom is -0.438 e. The maximum Gasteiger partial charge on any atom is 0.289 e. The zero-order chi connectivity index (χ0) is 14.1. The van der Waals surface area contributed by atoms with E-state index in [1.807, 2.05) is 18.2 Å². The molecule has 0 saturated heterocycles. The summed E-state index contributed by atoms with van der Waals surface area (Å²) < 4.78 is 5.13. The van der Waals surface area contributed by atoms with E-state index in [1.54, 1.807) is 6.92 Å². The highest BCUT2D eigenvalue weighted by atomic mass is 35.5. The van der Waals surface area contributed by atoms with E-state index in [-0.39, 0.29) is 42.5 Å². The molecule has 1 amide bonds. The van der Waals surface area contributed by atoms with Crippen molar-refractivity contribution >= 4 is 36.4 Å². The van der Waals surface area contributed by atoms with Crippen LogP contribution in [0.15, 0.2) is 29.0 Å². The Morgan fingerprint density at radius 2 is 2.18 bits per heavy atom. The van der Waals surface area contributed by atoms with Gasteiger partial charge in [-0.3, -0.25) is 4.79 Å². The second kappa shape index (κ2) is 7.51. The number of rotatable bonds is 2. The van der Waals surface area contributed by atoms with Gasteiger partial charge < -0.3 is 15.5 Å². The van der Waals surface area contributed by atoms with Crippen LogP contribution in [0.5, 0.6) is 0 Å². The number of hydrogen-bond acceptors (Lipinski definition) is 4. The number of carbonyl (C=O) groups excluding carboxylic acids is 1. The van der Waals surface area contributed by atoms with Crippen LogP contribution in [-0.4, -0.2) is 10.9 Å². The molecule has 0 spiro atoms. The third kappa shape index (κ3) is 3.54. The Morgan fingerprint density at radius 3 is 2.86 bits per heavy atom. The van der Waals surface area contributed by atoms with Gasteiger partial charge in [0.2, 0.25) is 5.76 Å². The number of aromatic nitrogens is 1. The van der Waals surface area contributed by atoms with Crippen LogP contribution in [-0.2, 0) is 6.42 Å². The first-order valence-electron chi connectivity index (χ1n) is 6.74. The van der Waals surface area contributed by atoms with Crippen molar-refractivity contribution in [1.82, 2.24) is 10.3 Å². The molecule has 7 heteroatoms. The van der Waals surface area contributed by atoms with Gasteiger partial charge in [0.1, 0.15) is 0 Å². The first-order chi connectivity index (χ1) is 9.65. The normalized spacial score (nSPS) is 16.0. The van der Waals surface area contributed by atoms with Crippen molar-refractivity contribution in [3.63, 3.8) is 0 Å². The number of hydrogen-bond donors (Lipinski definition) is 2. The van der Waals surface area contributed by atoms with Crippen molar-refractivity contribution in [2.75, 3.05) is 5.73 Å². The van der Waals surface area contributed by atoms with Gasteiger partial charge in [-0.2, -0.15) is 0 Å². The minimum absolute atomic E-state index is 0. The van der Waals surface area contributed by atoms with Crippen molar-refractivity contribution in [3.05, 3.63) is 47.2 Å². The molecule has 120 valence electrons. The van der Waals surface area contributed by atoms with E-state index in [2.05, 4.69) is 10.3 Å². The van der Waals surface area contributed by atoms with Crippen LogP contribution >= 0.6 is 24.8 Å². The van der Waals surface area contributed by atoms with Gasteiger partial charge in [-0.25, -0.2) is 4.98 Å². The molecular formula is C15H19Cl2N3O2. The molecule has 3 rings (SSSR count). The lowest BCUT2D eigenvalue weighted by Gasteiger charge is -2.26. The predicted molar refractivity (Wildman–Crippen MR) is 89.7 cm³/mol. The zero-order valence-electron chi connectivity index (χ0n) is 12.2. The number of nitrogens with two attached hydrogens (primary N) is 1. The van der Waals surface area contributed by atoms with Gasteiger partial charge in [0.05, 0.1) is 11.7 Å². The molecule has 5 nitrogen and oxygen atoms in total. The third-order valence-corrected chi connectivity index (χ3v) is 3.74. The minimum atomic E-state index is -0.213. The quantitative estimate of drug-likeness (QED) is 0.820. The fourth-order valence-corrected chi connectivity index (χ4v) is 2.73. The van der Waals surface area contributed by atoms with Crippen molar-refractivity contribution in [3.8, 4) is 0 Å². The maximum absolute atomic E-state index is 12.2. The molecule has 0 saturated carbocycles. The second-order valence-corrected chi connectivity index (χ2v) is 5.14. The fourth-order valence-electron chi connectivity index (χ4n) is 2.73. The Balaban J connectivity index is 0.00000121. The molecule has 0 aliphatic heterocycles. The Labute approximate surface area is 141 Å². The van der Waals surface area contributed by atoms with Crippen LogP contribution in [0.3, 0.4) is 0 Å². The van der Waals surface area contributed by atoms with Crippen LogP contribution in [0.1, 0.15) is 46.3 Å². The predicted octanol–water partition coefficient (Wildman–Crippen LogP) is 3.22. The summed E-state index contributed by atoms with van der Waals surface area (Å²) in [5.74, 6) is 0.0715. The number of carbonyl (C=O) groups is 1. The topological polar surface area (TPSA) is 81.2 Å². The summed E-state index contributed by atoms with van der Waals surface area (Å²) >= 11 is 0. The van der Waals surface area contributed by atoms with E-state index >= 15 is 0 Å². The van der Waals surface area contributed by atoms with Crippen molar-refractivity contribution in [2.24, 2.45) is 0 Å². The van der Waals surface area contributed by atoms with Gasteiger partial charge in [0, 0.05) is 5.69 Å².